The van der Waals surface area contributed by atoms with E-state index in [1.165, 1.54) is 0 Å². The third-order valence-corrected chi connectivity index (χ3v) is 3.41. The number of halogens is 1. The molecule has 2 rings (SSSR count). The van der Waals surface area contributed by atoms with E-state index in [4.69, 9.17) is 26.6 Å². The number of benzene rings is 1. The van der Waals surface area contributed by atoms with E-state index in [-0.39, 0.29) is 12.6 Å². The molecule has 1 aromatic carbocycles. The highest BCUT2D eigenvalue weighted by Gasteiger charge is 2.12. The normalized spacial score (nSPS) is 14.6. The van der Waals surface area contributed by atoms with Gasteiger partial charge in [0, 0.05) is 27.8 Å². The van der Waals surface area contributed by atoms with Gasteiger partial charge in [-0.2, -0.15) is 0 Å². The molecule has 2 atom stereocenters. The zero-order chi connectivity index (χ0) is 13.1. The molecule has 1 aromatic heterocycles. The molecule has 0 aliphatic heterocycles. The van der Waals surface area contributed by atoms with Gasteiger partial charge in [0.15, 0.2) is 5.58 Å². The summed E-state index contributed by atoms with van der Waals surface area (Å²) in [5.41, 5.74) is 6.36. The van der Waals surface area contributed by atoms with Gasteiger partial charge in [0.2, 0.25) is 0 Å². The molecule has 5 nitrogen and oxygen atoms in total. The molecule has 0 fully saturated rings. The minimum atomic E-state index is -0.945. The molecular weight excluding hydrogens is 276 g/mol. The second-order valence-electron chi connectivity index (χ2n) is 3.94. The lowest BCUT2D eigenvalue weighted by molar-refractivity contribution is 0.269. The molecule has 0 spiro atoms. The Balaban J connectivity index is 2.07. The van der Waals surface area contributed by atoms with Crippen molar-refractivity contribution in [1.82, 2.24) is 5.16 Å². The molecule has 0 saturated carbocycles. The van der Waals surface area contributed by atoms with Crippen LogP contribution in [0, 0.1) is 0 Å². The number of rotatable bonds is 5. The van der Waals surface area contributed by atoms with Gasteiger partial charge in [-0.1, -0.05) is 11.6 Å². The van der Waals surface area contributed by atoms with Crippen LogP contribution in [0.1, 0.15) is 0 Å². The van der Waals surface area contributed by atoms with E-state index >= 15 is 0 Å². The molecule has 2 N–H and O–H groups in total. The summed E-state index contributed by atoms with van der Waals surface area (Å²) in [5.74, 6) is 0.737. The molecule has 18 heavy (non-hydrogen) atoms. The monoisotopic (exact) mass is 288 g/mol. The fourth-order valence-electron chi connectivity index (χ4n) is 1.53. The van der Waals surface area contributed by atoms with Gasteiger partial charge < -0.3 is 15.0 Å². The van der Waals surface area contributed by atoms with E-state index in [0.717, 1.165) is 0 Å². The summed E-state index contributed by atoms with van der Waals surface area (Å²) in [7, 11) is -0.945. The van der Waals surface area contributed by atoms with Crippen LogP contribution in [0.4, 0.5) is 0 Å². The zero-order valence-electron chi connectivity index (χ0n) is 9.76. The summed E-state index contributed by atoms with van der Waals surface area (Å²) in [6, 6.07) is 4.84. The topological polar surface area (TPSA) is 78.4 Å². The van der Waals surface area contributed by atoms with Crippen LogP contribution in [0.5, 0.6) is 5.88 Å². The molecule has 0 aliphatic rings. The van der Waals surface area contributed by atoms with Crippen LogP contribution >= 0.6 is 11.6 Å². The third-order valence-electron chi connectivity index (χ3n) is 2.28. The number of hydrogen-bond acceptors (Lipinski definition) is 5. The SMILES string of the molecule is CS(=O)C[C@H](N)COc1noc2ccc(Cl)cc12. The van der Waals surface area contributed by atoms with Crippen molar-refractivity contribution in [2.45, 2.75) is 6.04 Å². The van der Waals surface area contributed by atoms with E-state index in [2.05, 4.69) is 5.16 Å². The lowest BCUT2D eigenvalue weighted by atomic mass is 10.2. The van der Waals surface area contributed by atoms with Crippen LogP contribution < -0.4 is 10.5 Å². The molecule has 0 bridgehead atoms. The first-order valence-electron chi connectivity index (χ1n) is 5.29. The van der Waals surface area contributed by atoms with E-state index in [1.807, 2.05) is 0 Å². The van der Waals surface area contributed by atoms with Gasteiger partial charge in [-0.05, 0) is 23.4 Å². The van der Waals surface area contributed by atoms with E-state index in [9.17, 15) is 4.21 Å². The molecule has 0 radical (unpaired) electrons. The van der Waals surface area contributed by atoms with Gasteiger partial charge in [-0.3, -0.25) is 4.21 Å². The Labute approximate surface area is 112 Å². The first kappa shape index (κ1) is 13.3. The molecule has 98 valence electrons. The first-order valence-corrected chi connectivity index (χ1v) is 7.40. The summed E-state index contributed by atoms with van der Waals surface area (Å²) in [5, 5.41) is 5.08. The molecule has 0 amide bonds. The average Bonchev–Trinajstić information content (AvgIpc) is 2.68. The Bertz CT molecular complexity index is 572. The van der Waals surface area contributed by atoms with Crippen molar-refractivity contribution in [1.29, 1.82) is 0 Å². The van der Waals surface area contributed by atoms with Crippen molar-refractivity contribution in [3.8, 4) is 5.88 Å². The molecule has 0 aliphatic carbocycles. The first-order chi connectivity index (χ1) is 8.56. The van der Waals surface area contributed by atoms with Crippen molar-refractivity contribution in [2.75, 3.05) is 18.6 Å². The van der Waals surface area contributed by atoms with Crippen molar-refractivity contribution in [3.63, 3.8) is 0 Å². The minimum absolute atomic E-state index is 0.230. The second-order valence-corrected chi connectivity index (χ2v) is 5.86. The highest BCUT2D eigenvalue weighted by atomic mass is 35.5. The summed E-state index contributed by atoms with van der Waals surface area (Å²) in [4.78, 5) is 0. The van der Waals surface area contributed by atoms with Crippen molar-refractivity contribution in [2.24, 2.45) is 5.73 Å². The van der Waals surface area contributed by atoms with Gasteiger partial charge >= 0.3 is 0 Å². The van der Waals surface area contributed by atoms with Crippen molar-refractivity contribution >= 4 is 33.4 Å². The highest BCUT2D eigenvalue weighted by molar-refractivity contribution is 7.84. The molecule has 7 heteroatoms. The number of fused-ring (bicyclic) bond motifs is 1. The molecule has 0 saturated heterocycles. The van der Waals surface area contributed by atoms with Crippen LogP contribution in [0.3, 0.4) is 0 Å². The Morgan fingerprint density at radius 1 is 1.61 bits per heavy atom. The Hall–Kier alpha value is -1.11. The van der Waals surface area contributed by atoms with Gasteiger partial charge in [-0.25, -0.2) is 0 Å². The number of nitrogens with two attached hydrogens (primary N) is 1. The van der Waals surface area contributed by atoms with E-state index < -0.39 is 10.8 Å². The fraction of sp³-hybridized carbons (Fsp3) is 0.364. The van der Waals surface area contributed by atoms with Gasteiger partial charge in [0.1, 0.15) is 6.61 Å². The maximum absolute atomic E-state index is 11.0. The van der Waals surface area contributed by atoms with Crippen LogP contribution in [0.25, 0.3) is 11.0 Å². The number of hydrogen-bond donors (Lipinski definition) is 1. The van der Waals surface area contributed by atoms with Crippen LogP contribution in [-0.4, -0.2) is 34.0 Å². The standard InChI is InChI=1S/C11H13ClN2O3S/c1-18(15)6-8(13)5-16-11-9-4-7(12)2-3-10(9)17-14-11/h2-4,8H,5-6,13H2,1H3/t8-,18?/m1/s1. The van der Waals surface area contributed by atoms with E-state index in [1.54, 1.807) is 24.5 Å². The summed E-state index contributed by atoms with van der Waals surface area (Å²) in [6.07, 6.45) is 1.60. The number of aromatic nitrogens is 1. The maximum Gasteiger partial charge on any atom is 0.262 e. The van der Waals surface area contributed by atoms with Crippen LogP contribution in [-0.2, 0) is 10.8 Å². The number of ether oxygens (including phenoxy) is 1. The Kier molecular flexibility index (Phi) is 4.21. The largest absolute Gasteiger partial charge is 0.473 e. The van der Waals surface area contributed by atoms with Gasteiger partial charge in [0.25, 0.3) is 5.88 Å². The average molecular weight is 289 g/mol. The molecule has 1 unspecified atom stereocenters. The van der Waals surface area contributed by atoms with Gasteiger partial charge in [-0.15, -0.1) is 0 Å². The maximum atomic E-state index is 11.0. The van der Waals surface area contributed by atoms with Gasteiger partial charge in [0.05, 0.1) is 11.4 Å². The summed E-state index contributed by atoms with van der Waals surface area (Å²) < 4.78 is 21.5. The van der Waals surface area contributed by atoms with Crippen LogP contribution in [0.2, 0.25) is 5.02 Å². The predicted molar refractivity (Wildman–Crippen MR) is 71.4 cm³/mol. The Morgan fingerprint density at radius 2 is 2.39 bits per heavy atom. The summed E-state index contributed by atoms with van der Waals surface area (Å²) in [6.45, 7) is 0.230. The quantitative estimate of drug-likeness (QED) is 0.903. The zero-order valence-corrected chi connectivity index (χ0v) is 11.3. The smallest absolute Gasteiger partial charge is 0.262 e. The predicted octanol–water partition coefficient (Wildman–Crippen LogP) is 1.57. The molecule has 2 aromatic rings. The lowest BCUT2D eigenvalue weighted by Gasteiger charge is -2.09. The van der Waals surface area contributed by atoms with Crippen molar-refractivity contribution in [3.05, 3.63) is 23.2 Å². The number of nitrogens with zero attached hydrogens (tertiary/aromatic N) is 1. The molecular formula is C11H13ClN2O3S. The highest BCUT2D eigenvalue weighted by Crippen LogP contribution is 2.27. The third kappa shape index (κ3) is 3.22. The van der Waals surface area contributed by atoms with Crippen molar-refractivity contribution < 1.29 is 13.5 Å². The Morgan fingerprint density at radius 3 is 3.11 bits per heavy atom. The second kappa shape index (κ2) is 5.69. The van der Waals surface area contributed by atoms with E-state index in [0.29, 0.717) is 27.6 Å². The molecule has 1 heterocycles. The summed E-state index contributed by atoms with van der Waals surface area (Å²) >= 11 is 5.89. The fourth-order valence-corrected chi connectivity index (χ4v) is 2.40. The minimum Gasteiger partial charge on any atom is -0.473 e. The lowest BCUT2D eigenvalue weighted by Crippen LogP contribution is -2.33. The van der Waals surface area contributed by atoms with Crippen LogP contribution in [0.15, 0.2) is 22.7 Å².